The molecule has 0 fully saturated rings. The fraction of sp³-hybridized carbons (Fsp3) is 1.00. The topological polar surface area (TPSA) is 34.1 Å². The van der Waals surface area contributed by atoms with E-state index in [1.165, 1.54) is 6.26 Å². The van der Waals surface area contributed by atoms with E-state index in [9.17, 15) is 8.42 Å². The summed E-state index contributed by atoms with van der Waals surface area (Å²) in [7, 11) is -2.60. The van der Waals surface area contributed by atoms with Gasteiger partial charge in [0.25, 0.3) is 0 Å². The predicted molar refractivity (Wildman–Crippen MR) is 25.5 cm³/mol. The van der Waals surface area contributed by atoms with Crippen LogP contribution < -0.4 is 0 Å². The first-order chi connectivity index (χ1) is 2.56. The van der Waals surface area contributed by atoms with Gasteiger partial charge in [-0.05, 0) is 0 Å². The molecule has 0 spiro atoms. The molecule has 0 heterocycles. The van der Waals surface area contributed by atoms with E-state index in [4.69, 9.17) is 0 Å². The molecule has 0 N–H and O–H groups in total. The second kappa shape index (κ2) is 2.31. The van der Waals surface area contributed by atoms with E-state index in [2.05, 4.69) is 0 Å². The van der Waals surface area contributed by atoms with E-state index in [1.807, 2.05) is 0 Å². The molecule has 0 aromatic carbocycles. The van der Waals surface area contributed by atoms with Gasteiger partial charge in [0.15, 0.2) is 0 Å². The van der Waals surface area contributed by atoms with Crippen LogP contribution in [-0.4, -0.2) is 45.6 Å². The quantitative estimate of drug-likeness (QED) is 0.418. The molecular weight excluding hydrogens is 111 g/mol. The summed E-state index contributed by atoms with van der Waals surface area (Å²) in [5.74, 6) is 0. The summed E-state index contributed by atoms with van der Waals surface area (Å²) < 4.78 is 20.5. The molecule has 0 aliphatic carbocycles. The van der Waals surface area contributed by atoms with Crippen LogP contribution >= 0.6 is 0 Å². The average Bonchev–Trinajstić information content (AvgIpc) is 1.35. The minimum absolute atomic E-state index is 0.382. The van der Waals surface area contributed by atoms with Crippen molar-refractivity contribution in [1.82, 2.24) is 0 Å². The molecule has 2 nitrogen and oxygen atoms in total. The van der Waals surface area contributed by atoms with Crippen LogP contribution in [0.4, 0.5) is 0 Å². The molecule has 0 rings (SSSR count). The van der Waals surface area contributed by atoms with Gasteiger partial charge in [-0.2, -0.15) is 0 Å². The molecule has 0 amide bonds. The molecule has 0 bridgehead atoms. The Balaban J connectivity index is 3.85. The fourth-order valence-corrected chi connectivity index (χ4v) is 0. The van der Waals surface area contributed by atoms with E-state index in [-0.39, 0.29) is 0 Å². The molecule has 0 aliphatic heterocycles. The van der Waals surface area contributed by atoms with Gasteiger partial charge >= 0.3 is 55.4 Å². The first-order valence-corrected chi connectivity index (χ1v) is 5.21. The van der Waals surface area contributed by atoms with E-state index >= 15 is 0 Å². The van der Waals surface area contributed by atoms with Crippen LogP contribution in [0.5, 0.6) is 0 Å². The third-order valence-corrected chi connectivity index (χ3v) is 4.72. The van der Waals surface area contributed by atoms with Crippen LogP contribution in [0.3, 0.4) is 0 Å². The molecule has 0 saturated carbocycles. The van der Waals surface area contributed by atoms with Gasteiger partial charge in [-0.1, -0.05) is 0 Å². The van der Waals surface area contributed by atoms with Crippen molar-refractivity contribution in [2.75, 3.05) is 9.26 Å². The molecule has 6 heavy (non-hydrogen) atoms. The molecule has 32 valence electrons. The van der Waals surface area contributed by atoms with Crippen molar-refractivity contribution in [3.8, 4) is 0 Å². The number of hydrogen-bond acceptors (Lipinski definition) is 2. The maximum absolute atomic E-state index is 10.0. The Morgan fingerprint density at radius 2 is 1.83 bits per heavy atom. The van der Waals surface area contributed by atoms with Crippen molar-refractivity contribution in [2.45, 2.75) is 0 Å². The Labute approximate surface area is 55.3 Å². The summed E-state index contributed by atoms with van der Waals surface area (Å²) in [5, 5.41) is 0. The molecule has 0 radical (unpaired) electrons. The third-order valence-electron chi connectivity index (χ3n) is 0.524. The Bertz CT molecular complexity index is 114. The fourth-order valence-electron chi connectivity index (χ4n) is 0. The van der Waals surface area contributed by atoms with Crippen LogP contribution in [0, 0.1) is 0 Å². The molecule has 4 heteroatoms. The minimum atomic E-state index is -2.60. The second-order valence-corrected chi connectivity index (χ2v) is 5.38. The second-order valence-electron chi connectivity index (χ2n) is 1.21. The molecule has 0 aliphatic rings. The van der Waals surface area contributed by atoms with Gasteiger partial charge in [0, 0.05) is 0 Å². The summed E-state index contributed by atoms with van der Waals surface area (Å²) in [6.07, 6.45) is 1.25. The van der Waals surface area contributed by atoms with Crippen LogP contribution in [0.25, 0.3) is 0 Å². The summed E-state index contributed by atoms with van der Waals surface area (Å²) in [4.78, 5) is 0. The third kappa shape index (κ3) is 4.95. The van der Waals surface area contributed by atoms with E-state index in [0.717, 1.165) is 27.9 Å². The zero-order chi connectivity index (χ0) is 5.21. The van der Waals surface area contributed by atoms with Gasteiger partial charge < -0.3 is 0 Å². The molecule has 0 saturated heterocycles. The Hall–Kier alpha value is 0.950. The number of sulfone groups is 1. The summed E-state index contributed by atoms with van der Waals surface area (Å²) in [6.45, 7) is 0. The van der Waals surface area contributed by atoms with Crippen molar-refractivity contribution in [3.05, 3.63) is 0 Å². The Morgan fingerprint density at radius 1 is 1.67 bits per heavy atom. The standard InChI is InChI=1S/C2H5O2S.Na/c1-5(2,3)4;/h1H2,2H3;. The van der Waals surface area contributed by atoms with Crippen LogP contribution in [0.15, 0.2) is 0 Å². The Morgan fingerprint density at radius 3 is 1.83 bits per heavy atom. The average molecular weight is 116 g/mol. The van der Waals surface area contributed by atoms with E-state index in [0.29, 0.717) is 3.00 Å². The summed E-state index contributed by atoms with van der Waals surface area (Å²) >= 11 is 0.760. The molecule has 0 atom stereocenters. The van der Waals surface area contributed by atoms with Gasteiger partial charge in [0.2, 0.25) is 0 Å². The zero-order valence-electron chi connectivity index (χ0n) is 3.93. The first kappa shape index (κ1) is 6.95. The normalized spacial score (nSPS) is 11.8. The molecular formula is C2H5NaO2S. The van der Waals surface area contributed by atoms with E-state index in [1.54, 1.807) is 0 Å². The first-order valence-electron chi connectivity index (χ1n) is 1.74. The number of rotatable bonds is 1. The predicted octanol–water partition coefficient (Wildman–Crippen LogP) is -0.843. The van der Waals surface area contributed by atoms with E-state index < -0.39 is 9.84 Å². The van der Waals surface area contributed by atoms with Gasteiger partial charge in [-0.25, -0.2) is 0 Å². The molecule has 0 aromatic heterocycles. The van der Waals surface area contributed by atoms with Gasteiger partial charge in [0.1, 0.15) is 0 Å². The number of hydrogen-bond donors (Lipinski definition) is 0. The van der Waals surface area contributed by atoms with Crippen molar-refractivity contribution < 1.29 is 8.42 Å². The summed E-state index contributed by atoms with van der Waals surface area (Å²) in [6, 6.07) is 0. The van der Waals surface area contributed by atoms with Gasteiger partial charge in [-0.3, -0.25) is 0 Å². The zero-order valence-corrected chi connectivity index (χ0v) is 6.75. The van der Waals surface area contributed by atoms with Crippen molar-refractivity contribution in [3.63, 3.8) is 0 Å². The maximum atomic E-state index is 10.0. The van der Waals surface area contributed by atoms with Crippen LogP contribution in [0.1, 0.15) is 0 Å². The monoisotopic (exact) mass is 116 g/mol. The van der Waals surface area contributed by atoms with Gasteiger partial charge in [0.05, 0.1) is 0 Å². The Kier molecular flexibility index (Phi) is 2.67. The van der Waals surface area contributed by atoms with Crippen LogP contribution in [0.2, 0.25) is 0 Å². The summed E-state index contributed by atoms with van der Waals surface area (Å²) in [5.41, 5.74) is 0. The van der Waals surface area contributed by atoms with Crippen molar-refractivity contribution >= 4 is 37.8 Å². The molecule has 0 aromatic rings. The van der Waals surface area contributed by atoms with Crippen LogP contribution in [-0.2, 0) is 9.84 Å². The molecule has 0 unspecified atom stereocenters. The van der Waals surface area contributed by atoms with Crippen molar-refractivity contribution in [2.24, 2.45) is 0 Å². The van der Waals surface area contributed by atoms with Crippen molar-refractivity contribution in [1.29, 1.82) is 0 Å². The van der Waals surface area contributed by atoms with Gasteiger partial charge in [-0.15, -0.1) is 0 Å². The SMILES string of the molecule is CS(=O)(=O)[CH2][Na].